The van der Waals surface area contributed by atoms with Crippen LogP contribution in [0.4, 0.5) is 0 Å². The number of fused-ring (bicyclic) bond motifs is 1. The summed E-state index contributed by atoms with van der Waals surface area (Å²) in [5, 5.41) is 3.16. The van der Waals surface area contributed by atoms with Crippen molar-refractivity contribution in [1.29, 1.82) is 0 Å². The Kier molecular flexibility index (Phi) is 3.16. The predicted octanol–water partition coefficient (Wildman–Crippen LogP) is 2.80. The third-order valence-electron chi connectivity index (χ3n) is 4.24. The van der Waals surface area contributed by atoms with Gasteiger partial charge in [-0.25, -0.2) is 4.68 Å². The van der Waals surface area contributed by atoms with E-state index >= 15 is 0 Å². The monoisotopic (exact) mass is 307 g/mol. The van der Waals surface area contributed by atoms with E-state index in [0.29, 0.717) is 12.2 Å². The molecule has 1 atom stereocenters. The standard InChI is InChI=1S/C18H17N3O2/c1-11-8-15-13(9-19-11)10-23-17(15)16-12(2)20-21(18(16)22)14-6-4-3-5-7-14/h3-9,17,20H,10H2,1-2H3. The molecule has 0 amide bonds. The van der Waals surface area contributed by atoms with Gasteiger partial charge in [0.05, 0.1) is 17.9 Å². The molecule has 5 nitrogen and oxygen atoms in total. The summed E-state index contributed by atoms with van der Waals surface area (Å²) in [5.41, 5.74) is 5.25. The number of ether oxygens (including phenoxy) is 1. The van der Waals surface area contributed by atoms with E-state index < -0.39 is 0 Å². The second-order valence-electron chi connectivity index (χ2n) is 5.84. The third kappa shape index (κ3) is 2.21. The number of para-hydroxylation sites is 1. The molecular formula is C18H17N3O2. The zero-order valence-corrected chi connectivity index (χ0v) is 13.0. The molecule has 3 aromatic rings. The Bertz CT molecular complexity index is 925. The Morgan fingerprint density at radius 1 is 1.26 bits per heavy atom. The highest BCUT2D eigenvalue weighted by atomic mass is 16.5. The van der Waals surface area contributed by atoms with Gasteiger partial charge in [-0.3, -0.25) is 14.9 Å². The molecule has 0 radical (unpaired) electrons. The highest BCUT2D eigenvalue weighted by Crippen LogP contribution is 2.35. The van der Waals surface area contributed by atoms with Crippen LogP contribution in [0.3, 0.4) is 0 Å². The number of H-pyrrole nitrogens is 1. The molecule has 3 heterocycles. The minimum Gasteiger partial charge on any atom is -0.364 e. The number of aromatic nitrogens is 3. The summed E-state index contributed by atoms with van der Waals surface area (Å²) in [6, 6.07) is 11.6. The molecule has 0 fully saturated rings. The first-order chi connectivity index (χ1) is 11.1. The maximum atomic E-state index is 12.9. The fourth-order valence-electron chi connectivity index (χ4n) is 3.10. The molecule has 0 aliphatic carbocycles. The summed E-state index contributed by atoms with van der Waals surface area (Å²) < 4.78 is 7.47. The number of pyridine rings is 1. The molecule has 5 heteroatoms. The van der Waals surface area contributed by atoms with Crippen LogP contribution in [0.15, 0.2) is 47.4 Å². The van der Waals surface area contributed by atoms with Crippen LogP contribution >= 0.6 is 0 Å². The molecule has 23 heavy (non-hydrogen) atoms. The van der Waals surface area contributed by atoms with Crippen LogP contribution in [-0.2, 0) is 11.3 Å². The summed E-state index contributed by atoms with van der Waals surface area (Å²) in [5.74, 6) is 0. The van der Waals surface area contributed by atoms with E-state index in [1.165, 1.54) is 0 Å². The van der Waals surface area contributed by atoms with Crippen molar-refractivity contribution >= 4 is 0 Å². The van der Waals surface area contributed by atoms with Gasteiger partial charge in [-0.05, 0) is 37.6 Å². The van der Waals surface area contributed by atoms with E-state index in [0.717, 1.165) is 28.2 Å². The number of hydrogen-bond donors (Lipinski definition) is 1. The van der Waals surface area contributed by atoms with Crippen molar-refractivity contribution in [3.05, 3.63) is 81.0 Å². The van der Waals surface area contributed by atoms with Gasteiger partial charge in [-0.2, -0.15) is 0 Å². The fourth-order valence-corrected chi connectivity index (χ4v) is 3.10. The van der Waals surface area contributed by atoms with Crippen LogP contribution in [0, 0.1) is 13.8 Å². The second-order valence-corrected chi connectivity index (χ2v) is 5.84. The van der Waals surface area contributed by atoms with Gasteiger partial charge in [0.2, 0.25) is 0 Å². The number of hydrogen-bond acceptors (Lipinski definition) is 3. The summed E-state index contributed by atoms with van der Waals surface area (Å²) >= 11 is 0. The van der Waals surface area contributed by atoms with Gasteiger partial charge >= 0.3 is 0 Å². The zero-order chi connectivity index (χ0) is 16.0. The van der Waals surface area contributed by atoms with Crippen molar-refractivity contribution in [2.75, 3.05) is 0 Å². The maximum Gasteiger partial charge on any atom is 0.277 e. The van der Waals surface area contributed by atoms with Gasteiger partial charge in [0.15, 0.2) is 0 Å². The molecule has 116 valence electrons. The lowest BCUT2D eigenvalue weighted by atomic mass is 10.0. The molecular weight excluding hydrogens is 290 g/mol. The van der Waals surface area contributed by atoms with Crippen molar-refractivity contribution in [3.63, 3.8) is 0 Å². The average molecular weight is 307 g/mol. The summed E-state index contributed by atoms with van der Waals surface area (Å²) in [7, 11) is 0. The van der Waals surface area contributed by atoms with E-state index in [2.05, 4.69) is 10.1 Å². The van der Waals surface area contributed by atoms with Crippen molar-refractivity contribution in [2.45, 2.75) is 26.6 Å². The van der Waals surface area contributed by atoms with Gasteiger partial charge in [-0.15, -0.1) is 0 Å². The van der Waals surface area contributed by atoms with Crippen molar-refractivity contribution in [3.8, 4) is 5.69 Å². The average Bonchev–Trinajstić information content (AvgIpc) is 3.08. The summed E-state index contributed by atoms with van der Waals surface area (Å²) in [6.45, 7) is 4.34. The number of nitrogens with zero attached hydrogens (tertiary/aromatic N) is 2. The van der Waals surface area contributed by atoms with Crippen LogP contribution < -0.4 is 5.56 Å². The largest absolute Gasteiger partial charge is 0.364 e. The summed E-state index contributed by atoms with van der Waals surface area (Å²) in [4.78, 5) is 17.2. The summed E-state index contributed by atoms with van der Waals surface area (Å²) in [6.07, 6.45) is 1.50. The van der Waals surface area contributed by atoms with Crippen molar-refractivity contribution < 1.29 is 4.74 Å². The Hall–Kier alpha value is -2.66. The highest BCUT2D eigenvalue weighted by Gasteiger charge is 2.30. The van der Waals surface area contributed by atoms with Crippen LogP contribution in [0.5, 0.6) is 0 Å². The van der Waals surface area contributed by atoms with Crippen molar-refractivity contribution in [1.82, 2.24) is 14.8 Å². The van der Waals surface area contributed by atoms with Gasteiger partial charge in [0, 0.05) is 23.1 Å². The van der Waals surface area contributed by atoms with Crippen LogP contribution in [-0.4, -0.2) is 14.8 Å². The van der Waals surface area contributed by atoms with E-state index in [1.54, 1.807) is 4.68 Å². The Morgan fingerprint density at radius 2 is 2.04 bits per heavy atom. The molecule has 1 aliphatic heterocycles. The smallest absolute Gasteiger partial charge is 0.277 e. The molecule has 0 spiro atoms. The Labute approximate surface area is 133 Å². The minimum atomic E-state index is -0.333. The quantitative estimate of drug-likeness (QED) is 0.792. The number of aromatic amines is 1. The number of benzene rings is 1. The minimum absolute atomic E-state index is 0.0685. The Morgan fingerprint density at radius 3 is 2.83 bits per heavy atom. The molecule has 0 saturated heterocycles. The topological polar surface area (TPSA) is 59.9 Å². The molecule has 1 unspecified atom stereocenters. The zero-order valence-electron chi connectivity index (χ0n) is 13.0. The highest BCUT2D eigenvalue weighted by molar-refractivity contribution is 5.41. The lowest BCUT2D eigenvalue weighted by Gasteiger charge is -2.09. The van der Waals surface area contributed by atoms with Gasteiger partial charge < -0.3 is 4.74 Å². The number of nitrogens with one attached hydrogen (secondary N) is 1. The Balaban J connectivity index is 1.85. The second kappa shape index (κ2) is 5.21. The maximum absolute atomic E-state index is 12.9. The first-order valence-electron chi connectivity index (χ1n) is 7.59. The normalized spacial score (nSPS) is 16.5. The van der Waals surface area contributed by atoms with Gasteiger partial charge in [0.1, 0.15) is 6.10 Å². The lowest BCUT2D eigenvalue weighted by molar-refractivity contribution is 0.0928. The molecule has 0 bridgehead atoms. The molecule has 1 aromatic carbocycles. The lowest BCUT2D eigenvalue weighted by Crippen LogP contribution is -2.19. The van der Waals surface area contributed by atoms with Gasteiger partial charge in [0.25, 0.3) is 5.56 Å². The predicted molar refractivity (Wildman–Crippen MR) is 86.7 cm³/mol. The van der Waals surface area contributed by atoms with E-state index in [-0.39, 0.29) is 11.7 Å². The van der Waals surface area contributed by atoms with Crippen LogP contribution in [0.2, 0.25) is 0 Å². The SMILES string of the molecule is Cc1cc2c(cn1)COC2c1c(C)[nH]n(-c2ccccc2)c1=O. The fraction of sp³-hybridized carbons (Fsp3) is 0.222. The molecule has 0 saturated carbocycles. The van der Waals surface area contributed by atoms with Crippen LogP contribution in [0.1, 0.15) is 34.2 Å². The molecule has 4 rings (SSSR count). The van der Waals surface area contributed by atoms with E-state index in [4.69, 9.17) is 4.74 Å². The van der Waals surface area contributed by atoms with E-state index in [9.17, 15) is 4.79 Å². The number of aryl methyl sites for hydroxylation is 2. The molecule has 1 N–H and O–H groups in total. The first kappa shape index (κ1) is 14.0. The van der Waals surface area contributed by atoms with Crippen LogP contribution in [0.25, 0.3) is 5.69 Å². The third-order valence-corrected chi connectivity index (χ3v) is 4.24. The van der Waals surface area contributed by atoms with Gasteiger partial charge in [-0.1, -0.05) is 18.2 Å². The first-order valence-corrected chi connectivity index (χ1v) is 7.59. The molecule has 1 aliphatic rings. The number of rotatable bonds is 2. The van der Waals surface area contributed by atoms with Crippen molar-refractivity contribution in [2.24, 2.45) is 0 Å². The van der Waals surface area contributed by atoms with E-state index in [1.807, 2.05) is 56.4 Å². The molecule has 2 aromatic heterocycles.